The largest absolute Gasteiger partial charge is 0.354 e. The van der Waals surface area contributed by atoms with E-state index in [0.29, 0.717) is 11.5 Å². The topological polar surface area (TPSA) is 31.4 Å². The average Bonchev–Trinajstić information content (AvgIpc) is 3.39. The van der Waals surface area contributed by atoms with Crippen LogP contribution in [0, 0.1) is 11.7 Å². The van der Waals surface area contributed by atoms with Crippen molar-refractivity contribution in [3.63, 3.8) is 0 Å². The maximum absolute atomic E-state index is 14.6. The number of halogens is 1. The summed E-state index contributed by atoms with van der Waals surface area (Å²) < 4.78 is 14.6. The number of fused-ring (bicyclic) bond motifs is 1. The van der Waals surface area contributed by atoms with Crippen molar-refractivity contribution in [2.75, 3.05) is 29.9 Å². The van der Waals surface area contributed by atoms with Gasteiger partial charge in [0, 0.05) is 44.5 Å². The van der Waals surface area contributed by atoms with E-state index in [4.69, 9.17) is 0 Å². The highest BCUT2D eigenvalue weighted by molar-refractivity contribution is 5.62. The number of benzene rings is 1. The molecule has 1 aliphatic carbocycles. The van der Waals surface area contributed by atoms with E-state index >= 15 is 0 Å². The van der Waals surface area contributed by atoms with Crippen molar-refractivity contribution in [1.29, 1.82) is 0 Å². The molecule has 1 aromatic heterocycles. The van der Waals surface area contributed by atoms with E-state index < -0.39 is 0 Å². The molecule has 1 aromatic carbocycles. The summed E-state index contributed by atoms with van der Waals surface area (Å²) in [6.45, 7) is 5.12. The van der Waals surface area contributed by atoms with E-state index in [-0.39, 0.29) is 5.82 Å². The van der Waals surface area contributed by atoms with Crippen LogP contribution in [-0.2, 0) is 13.1 Å². The number of nitrogens with one attached hydrogen (secondary N) is 1. The van der Waals surface area contributed by atoms with E-state index in [9.17, 15) is 4.39 Å². The summed E-state index contributed by atoms with van der Waals surface area (Å²) in [6.07, 6.45) is 8.01. The van der Waals surface area contributed by atoms with Gasteiger partial charge in [-0.25, -0.2) is 9.37 Å². The second-order valence-electron chi connectivity index (χ2n) is 8.30. The number of aromatic nitrogens is 1. The predicted octanol–water partition coefficient (Wildman–Crippen LogP) is 4.68. The minimum absolute atomic E-state index is 0.237. The quantitative estimate of drug-likeness (QED) is 0.832. The molecular formula is C22H27FN4. The second kappa shape index (κ2) is 7.12. The van der Waals surface area contributed by atoms with Crippen molar-refractivity contribution < 1.29 is 4.39 Å². The van der Waals surface area contributed by atoms with Gasteiger partial charge in [-0.2, -0.15) is 0 Å². The summed E-state index contributed by atoms with van der Waals surface area (Å²) in [7, 11) is 0. The van der Waals surface area contributed by atoms with Gasteiger partial charge in [0.25, 0.3) is 0 Å². The molecule has 142 valence electrons. The smallest absolute Gasteiger partial charge is 0.167 e. The van der Waals surface area contributed by atoms with E-state index in [1.807, 2.05) is 0 Å². The number of nitrogens with zero attached hydrogens (tertiary/aromatic N) is 3. The number of pyridine rings is 1. The van der Waals surface area contributed by atoms with E-state index in [2.05, 4.69) is 38.3 Å². The van der Waals surface area contributed by atoms with Gasteiger partial charge in [-0.1, -0.05) is 6.07 Å². The SMILES string of the molecule is Fc1cc(Nc2ccc3c(c2)CN(CC2CC2)C3)cnc1N1CCCCC1. The molecule has 1 saturated carbocycles. The second-order valence-corrected chi connectivity index (χ2v) is 8.30. The standard InChI is InChI=1S/C22H27FN4/c23-21-11-20(12-24-22(21)27-8-2-1-3-9-27)25-19-7-6-17-14-26(13-16-4-5-16)15-18(17)10-19/h6-7,10-12,16,25H,1-5,8-9,13-15H2. The van der Waals surface area contributed by atoms with Crippen LogP contribution in [0.2, 0.25) is 0 Å². The number of piperidine rings is 1. The Kier molecular flexibility index (Phi) is 4.48. The molecule has 5 heteroatoms. The number of hydrogen-bond acceptors (Lipinski definition) is 4. The maximum atomic E-state index is 14.6. The van der Waals surface area contributed by atoms with Crippen molar-refractivity contribution in [1.82, 2.24) is 9.88 Å². The van der Waals surface area contributed by atoms with Crippen LogP contribution in [0.3, 0.4) is 0 Å². The zero-order chi connectivity index (χ0) is 18.2. The van der Waals surface area contributed by atoms with Crippen LogP contribution in [0.25, 0.3) is 0 Å². The van der Waals surface area contributed by atoms with Gasteiger partial charge in [0.15, 0.2) is 11.6 Å². The van der Waals surface area contributed by atoms with Crippen LogP contribution in [0.4, 0.5) is 21.6 Å². The molecule has 2 aliphatic heterocycles. The van der Waals surface area contributed by atoms with Crippen LogP contribution >= 0.6 is 0 Å². The molecule has 0 amide bonds. The first kappa shape index (κ1) is 17.0. The Morgan fingerprint density at radius 3 is 2.59 bits per heavy atom. The van der Waals surface area contributed by atoms with Gasteiger partial charge in [-0.3, -0.25) is 4.90 Å². The minimum Gasteiger partial charge on any atom is -0.354 e. The highest BCUT2D eigenvalue weighted by atomic mass is 19.1. The van der Waals surface area contributed by atoms with Gasteiger partial charge in [0.05, 0.1) is 11.9 Å². The molecule has 3 aliphatic rings. The summed E-state index contributed by atoms with van der Waals surface area (Å²) in [6, 6.07) is 8.08. The summed E-state index contributed by atoms with van der Waals surface area (Å²) in [5.74, 6) is 1.17. The first-order chi connectivity index (χ1) is 13.2. The number of rotatable bonds is 5. The molecular weight excluding hydrogens is 339 g/mol. The van der Waals surface area contributed by atoms with E-state index in [1.54, 1.807) is 12.3 Å². The fraction of sp³-hybridized carbons (Fsp3) is 0.500. The molecule has 27 heavy (non-hydrogen) atoms. The summed E-state index contributed by atoms with van der Waals surface area (Å²) >= 11 is 0. The fourth-order valence-corrected chi connectivity index (χ4v) is 4.34. The van der Waals surface area contributed by atoms with E-state index in [1.165, 1.54) is 36.9 Å². The zero-order valence-electron chi connectivity index (χ0n) is 15.8. The molecule has 2 aromatic rings. The third-order valence-corrected chi connectivity index (χ3v) is 5.97. The molecule has 4 nitrogen and oxygen atoms in total. The Labute approximate surface area is 160 Å². The molecule has 1 N–H and O–H groups in total. The molecule has 0 spiro atoms. The van der Waals surface area contributed by atoms with Crippen molar-refractivity contribution in [3.8, 4) is 0 Å². The van der Waals surface area contributed by atoms with Crippen molar-refractivity contribution >= 4 is 17.2 Å². The molecule has 5 rings (SSSR count). The van der Waals surface area contributed by atoms with Crippen LogP contribution in [0.15, 0.2) is 30.5 Å². The number of anilines is 3. The Hall–Kier alpha value is -2.14. The first-order valence-electron chi connectivity index (χ1n) is 10.3. The summed E-state index contributed by atoms with van der Waals surface area (Å²) in [5.41, 5.74) is 4.53. The lowest BCUT2D eigenvalue weighted by Crippen LogP contribution is -2.30. The van der Waals surface area contributed by atoms with Crippen molar-refractivity contribution in [2.24, 2.45) is 5.92 Å². The van der Waals surface area contributed by atoms with Crippen LogP contribution in [0.5, 0.6) is 0 Å². The number of hydrogen-bond donors (Lipinski definition) is 1. The van der Waals surface area contributed by atoms with Gasteiger partial charge in [0.1, 0.15) is 0 Å². The highest BCUT2D eigenvalue weighted by Crippen LogP contribution is 2.34. The van der Waals surface area contributed by atoms with Gasteiger partial charge in [-0.05, 0) is 61.3 Å². The molecule has 3 heterocycles. The van der Waals surface area contributed by atoms with Crippen LogP contribution in [0.1, 0.15) is 43.2 Å². The Morgan fingerprint density at radius 2 is 1.81 bits per heavy atom. The van der Waals surface area contributed by atoms with E-state index in [0.717, 1.165) is 50.6 Å². The molecule has 1 saturated heterocycles. The summed E-state index contributed by atoms with van der Waals surface area (Å²) in [5, 5.41) is 3.33. The highest BCUT2D eigenvalue weighted by Gasteiger charge is 2.27. The van der Waals surface area contributed by atoms with Gasteiger partial charge >= 0.3 is 0 Å². The van der Waals surface area contributed by atoms with Gasteiger partial charge in [0.2, 0.25) is 0 Å². The predicted molar refractivity (Wildman–Crippen MR) is 107 cm³/mol. The molecule has 0 unspecified atom stereocenters. The Morgan fingerprint density at radius 1 is 1.00 bits per heavy atom. The van der Waals surface area contributed by atoms with Gasteiger partial charge in [-0.15, -0.1) is 0 Å². The Bertz CT molecular complexity index is 827. The maximum Gasteiger partial charge on any atom is 0.167 e. The van der Waals surface area contributed by atoms with Crippen molar-refractivity contribution in [3.05, 3.63) is 47.4 Å². The molecule has 0 radical (unpaired) electrons. The first-order valence-corrected chi connectivity index (χ1v) is 10.3. The molecule has 2 fully saturated rings. The van der Waals surface area contributed by atoms with Crippen molar-refractivity contribution in [2.45, 2.75) is 45.2 Å². The minimum atomic E-state index is -0.237. The molecule has 0 atom stereocenters. The normalized spacial score (nSPS) is 20.0. The zero-order valence-corrected chi connectivity index (χ0v) is 15.8. The van der Waals surface area contributed by atoms with Gasteiger partial charge < -0.3 is 10.2 Å². The van der Waals surface area contributed by atoms with Crippen LogP contribution < -0.4 is 10.2 Å². The Balaban J connectivity index is 1.27. The lowest BCUT2D eigenvalue weighted by molar-refractivity contribution is 0.272. The third-order valence-electron chi connectivity index (χ3n) is 5.97. The lowest BCUT2D eigenvalue weighted by Gasteiger charge is -2.28. The average molecular weight is 366 g/mol. The third kappa shape index (κ3) is 3.79. The fourth-order valence-electron chi connectivity index (χ4n) is 4.34. The monoisotopic (exact) mass is 366 g/mol. The van der Waals surface area contributed by atoms with Crippen LogP contribution in [-0.4, -0.2) is 29.5 Å². The lowest BCUT2D eigenvalue weighted by atomic mass is 10.1. The molecule has 0 bridgehead atoms. The summed E-state index contributed by atoms with van der Waals surface area (Å²) in [4.78, 5) is 9.01.